The summed E-state index contributed by atoms with van der Waals surface area (Å²) in [6.07, 6.45) is 1.61. The molecule has 0 heterocycles. The lowest BCUT2D eigenvalue weighted by Gasteiger charge is -2.13. The molecule has 0 spiro atoms. The molecule has 27 heteroatoms. The van der Waals surface area contributed by atoms with Crippen LogP contribution in [0.2, 0.25) is 0 Å². The van der Waals surface area contributed by atoms with Crippen molar-refractivity contribution in [3.63, 3.8) is 0 Å². The number of hydrogen-bond acceptors (Lipinski definition) is 21. The van der Waals surface area contributed by atoms with Crippen LogP contribution in [-0.2, 0) is 62.8 Å². The van der Waals surface area contributed by atoms with E-state index in [1.807, 2.05) is 91.0 Å². The van der Waals surface area contributed by atoms with Crippen LogP contribution in [-0.4, -0.2) is 121 Å². The molecule has 0 fully saturated rings. The van der Waals surface area contributed by atoms with Gasteiger partial charge in [0.1, 0.15) is 72.4 Å². The van der Waals surface area contributed by atoms with E-state index in [-0.39, 0.29) is 77.7 Å². The van der Waals surface area contributed by atoms with Crippen LogP contribution in [0.15, 0.2) is 164 Å². The van der Waals surface area contributed by atoms with E-state index in [2.05, 4.69) is 16.0 Å². The average molecular weight is 1250 g/mol. The Bertz CT molecular complexity index is 3140. The molecule has 0 radical (unpaired) electrons. The van der Waals surface area contributed by atoms with Crippen LogP contribution in [0.4, 0.5) is 14.4 Å². The number of carboxylic acid groups (broad SMARTS) is 3. The van der Waals surface area contributed by atoms with E-state index >= 15 is 0 Å². The van der Waals surface area contributed by atoms with E-state index in [4.69, 9.17) is 43.7 Å². The number of carbonyl (C=O) groups is 12. The summed E-state index contributed by atoms with van der Waals surface area (Å²) in [5, 5.41) is 30.5. The lowest BCUT2D eigenvalue weighted by atomic mass is 10.2. The Morgan fingerprint density at radius 2 is 0.690 bits per heavy atom. The third-order valence-corrected chi connectivity index (χ3v) is 12.3. The van der Waals surface area contributed by atoms with Crippen LogP contribution < -0.4 is 30.2 Å². The summed E-state index contributed by atoms with van der Waals surface area (Å²) in [4.78, 5) is 136. The predicted octanol–water partition coefficient (Wildman–Crippen LogP) is 8.84. The van der Waals surface area contributed by atoms with Gasteiger partial charge in [-0.3, -0.25) is 19.2 Å². The summed E-state index contributed by atoms with van der Waals surface area (Å²) >= 11 is 2.08. The monoisotopic (exact) mass is 1250 g/mol. The van der Waals surface area contributed by atoms with E-state index in [1.54, 1.807) is 54.8 Å². The molecule has 0 saturated carbocycles. The maximum Gasteiger partial charge on any atom is 0.372 e. The molecule has 3 amide bonds. The van der Waals surface area contributed by atoms with Crippen molar-refractivity contribution in [2.45, 2.75) is 52.7 Å². The highest BCUT2D eigenvalue weighted by molar-refractivity contribution is 8.13. The van der Waals surface area contributed by atoms with Crippen molar-refractivity contribution in [2.24, 2.45) is 0 Å². The van der Waals surface area contributed by atoms with Gasteiger partial charge < -0.3 is 59.7 Å². The third-order valence-electron chi connectivity index (χ3n) is 10.3. The summed E-state index contributed by atoms with van der Waals surface area (Å²) < 4.78 is 31.2. The highest BCUT2D eigenvalue weighted by Gasteiger charge is 2.25. The first-order chi connectivity index (χ1) is 41.6. The van der Waals surface area contributed by atoms with Gasteiger partial charge in [-0.1, -0.05) is 127 Å². The second kappa shape index (κ2) is 39.5. The van der Waals surface area contributed by atoms with E-state index in [0.717, 1.165) is 28.5 Å². The highest BCUT2D eigenvalue weighted by Crippen LogP contribution is 2.25. The zero-order valence-corrected chi connectivity index (χ0v) is 49.4. The van der Waals surface area contributed by atoms with Crippen molar-refractivity contribution < 1.29 is 101 Å². The number of amides is 3. The normalized spacial score (nSPS) is 10.6. The Kier molecular flexibility index (Phi) is 32.4. The predicted molar refractivity (Wildman–Crippen MR) is 319 cm³/mol. The molecule has 24 nitrogen and oxygen atoms in total. The van der Waals surface area contributed by atoms with Gasteiger partial charge in [0.15, 0.2) is 0 Å². The Labute approximate surface area is 511 Å². The largest absolute Gasteiger partial charge is 0.480 e. The standard InChI is InChI=1S/2C20H19NO7S.C16H14O4S.C4H7NO3/c2*1-13(22)21-16(18(23)24)12-29-20(26)28-17-10-6-5-9-15(17)19(25)27-11-14-7-3-2-4-8-14;1-21-16(18)20-14-10-6-5-9-13(14)15(17)19-11-12-7-3-2-4-8-12;1-3(6)5-2-4(7)8/h2*2-10,16H,11-12H2,1H3,(H,21,22)(H,23,24);2-10H,11H2,1H3;2H2,1H3,(H,5,6)(H,7,8). The van der Waals surface area contributed by atoms with Gasteiger partial charge in [0.05, 0.1) is 0 Å². The minimum atomic E-state index is -1.27. The fraction of sp³-hybridized carbons (Fsp3) is 0.200. The Hall–Kier alpha value is -9.99. The number of esters is 3. The first-order valence-electron chi connectivity index (χ1n) is 25.4. The highest BCUT2D eigenvalue weighted by atomic mass is 32.2. The molecule has 6 N–H and O–H groups in total. The number of hydrogen-bond donors (Lipinski definition) is 6. The van der Waals surface area contributed by atoms with Crippen molar-refractivity contribution in [1.29, 1.82) is 0 Å². The van der Waals surface area contributed by atoms with Crippen LogP contribution in [0.3, 0.4) is 0 Å². The van der Waals surface area contributed by atoms with Crippen LogP contribution in [0.5, 0.6) is 17.2 Å². The van der Waals surface area contributed by atoms with Gasteiger partial charge in [0.2, 0.25) is 17.7 Å². The molecule has 0 saturated heterocycles. The van der Waals surface area contributed by atoms with Gasteiger partial charge in [-0.05, 0) is 94.6 Å². The quantitative estimate of drug-likeness (QED) is 0.0273. The molecular formula is C60H59N3O21S3. The lowest BCUT2D eigenvalue weighted by molar-refractivity contribution is -0.141. The number of para-hydroxylation sites is 3. The maximum atomic E-state index is 12.4. The molecule has 0 bridgehead atoms. The summed E-state index contributed by atoms with van der Waals surface area (Å²) in [5.41, 5.74) is 2.87. The van der Waals surface area contributed by atoms with Gasteiger partial charge in [0.25, 0.3) is 0 Å². The molecule has 0 aromatic heterocycles. The molecule has 6 aromatic rings. The zero-order chi connectivity index (χ0) is 64.1. The average Bonchev–Trinajstić information content (AvgIpc) is 3.67. The topological polar surface area (TPSA) is 357 Å². The molecule has 6 rings (SSSR count). The number of rotatable bonds is 22. The maximum absolute atomic E-state index is 12.4. The summed E-state index contributed by atoms with van der Waals surface area (Å²) in [7, 11) is 0. The Morgan fingerprint density at radius 3 is 0.943 bits per heavy atom. The zero-order valence-electron chi connectivity index (χ0n) is 46.9. The Morgan fingerprint density at radius 1 is 0.402 bits per heavy atom. The first-order valence-corrected chi connectivity index (χ1v) is 28.6. The number of ether oxygens (including phenoxy) is 6. The smallest absolute Gasteiger partial charge is 0.372 e. The molecule has 458 valence electrons. The van der Waals surface area contributed by atoms with Crippen molar-refractivity contribution in [2.75, 3.05) is 24.3 Å². The second-order valence-corrected chi connectivity index (χ2v) is 19.7. The molecule has 87 heavy (non-hydrogen) atoms. The first kappa shape index (κ1) is 71.3. The van der Waals surface area contributed by atoms with Crippen molar-refractivity contribution in [3.8, 4) is 17.2 Å². The number of carbonyl (C=O) groups excluding carboxylic acids is 9. The van der Waals surface area contributed by atoms with Crippen LogP contribution >= 0.6 is 35.3 Å². The van der Waals surface area contributed by atoms with E-state index in [9.17, 15) is 57.5 Å². The number of carboxylic acids is 3. The lowest BCUT2D eigenvalue weighted by Crippen LogP contribution is -2.41. The SMILES string of the molecule is CC(=O)NC(CSC(=O)Oc1ccccc1C(=O)OCc1ccccc1)C(=O)O.CC(=O)NC(CSC(=O)Oc1ccccc1C(=O)OCc1ccccc1)C(=O)O.CC(=O)NCC(=O)O.CSC(=O)Oc1ccccc1C(=O)OCc1ccccc1. The minimum Gasteiger partial charge on any atom is -0.480 e. The fourth-order valence-electron chi connectivity index (χ4n) is 6.29. The van der Waals surface area contributed by atoms with Gasteiger partial charge in [-0.15, -0.1) is 0 Å². The van der Waals surface area contributed by atoms with E-state index in [1.165, 1.54) is 45.0 Å². The minimum absolute atomic E-state index is 0.00513. The van der Waals surface area contributed by atoms with E-state index < -0.39 is 75.6 Å². The second-order valence-electron chi connectivity index (χ2n) is 17.0. The molecular weight excluding hydrogens is 1190 g/mol. The Balaban J connectivity index is 0.000000324. The molecule has 6 aromatic carbocycles. The summed E-state index contributed by atoms with van der Waals surface area (Å²) in [6, 6.07) is 43.7. The van der Waals surface area contributed by atoms with Gasteiger partial charge in [-0.25, -0.2) is 38.4 Å². The summed E-state index contributed by atoms with van der Waals surface area (Å²) in [5.74, 6) is -7.07. The number of nitrogens with one attached hydrogen (secondary N) is 3. The molecule has 0 aliphatic heterocycles. The van der Waals surface area contributed by atoms with Gasteiger partial charge in [-0.2, -0.15) is 0 Å². The summed E-state index contributed by atoms with van der Waals surface area (Å²) in [6.45, 7) is 3.62. The van der Waals surface area contributed by atoms with Crippen molar-refractivity contribution in [3.05, 3.63) is 197 Å². The van der Waals surface area contributed by atoms with Crippen LogP contribution in [0, 0.1) is 0 Å². The third kappa shape index (κ3) is 29.4. The molecule has 2 unspecified atom stereocenters. The number of benzene rings is 6. The number of aliphatic carboxylic acids is 3. The molecule has 2 atom stereocenters. The number of thioether (sulfide) groups is 3. The van der Waals surface area contributed by atoms with Crippen LogP contribution in [0.1, 0.15) is 68.5 Å². The van der Waals surface area contributed by atoms with E-state index in [0.29, 0.717) is 23.5 Å². The van der Waals surface area contributed by atoms with Crippen molar-refractivity contribution in [1.82, 2.24) is 16.0 Å². The van der Waals surface area contributed by atoms with Crippen LogP contribution in [0.25, 0.3) is 0 Å². The fourth-order valence-corrected chi connectivity index (χ4v) is 7.82. The van der Waals surface area contributed by atoms with Crippen molar-refractivity contribution >= 4 is 105 Å². The van der Waals surface area contributed by atoms with Gasteiger partial charge >= 0.3 is 51.7 Å². The molecule has 0 aliphatic carbocycles. The molecule has 0 aliphatic rings. The van der Waals surface area contributed by atoms with Gasteiger partial charge in [0, 0.05) is 32.3 Å².